The first-order chi connectivity index (χ1) is 10.7. The molecular weight excluding hydrogens is 342 g/mol. The lowest BCUT2D eigenvalue weighted by molar-refractivity contribution is 0.310. The molecule has 0 amide bonds. The number of methoxy groups -OCH3 is 1. The quantitative estimate of drug-likeness (QED) is 0.526. The third-order valence-corrected chi connectivity index (χ3v) is 4.69. The maximum absolute atomic E-state index is 5.59. The van der Waals surface area contributed by atoms with Gasteiger partial charge in [0.05, 0.1) is 13.7 Å². The molecule has 0 bridgehead atoms. The van der Waals surface area contributed by atoms with E-state index < -0.39 is 0 Å². The fourth-order valence-corrected chi connectivity index (χ4v) is 3.21. The van der Waals surface area contributed by atoms with Crippen LogP contribution in [0.5, 0.6) is 11.5 Å². The van der Waals surface area contributed by atoms with Gasteiger partial charge in [-0.2, -0.15) is 0 Å². The molecule has 0 atom stereocenters. The molecule has 122 valence electrons. The van der Waals surface area contributed by atoms with Crippen LogP contribution in [0.1, 0.15) is 44.6 Å². The maximum Gasteiger partial charge on any atom is 0.162 e. The van der Waals surface area contributed by atoms with E-state index in [0.717, 1.165) is 35.5 Å². The molecule has 1 aromatic carbocycles. The third kappa shape index (κ3) is 5.03. The molecule has 1 aliphatic rings. The van der Waals surface area contributed by atoms with Crippen LogP contribution in [0.3, 0.4) is 0 Å². The summed E-state index contributed by atoms with van der Waals surface area (Å²) >= 11 is 3.62. The van der Waals surface area contributed by atoms with E-state index in [4.69, 9.17) is 9.47 Å². The molecular formula is C18H26BrNO2. The maximum atomic E-state index is 5.59. The van der Waals surface area contributed by atoms with Gasteiger partial charge in [-0.3, -0.25) is 0 Å². The Kier molecular flexibility index (Phi) is 7.26. The summed E-state index contributed by atoms with van der Waals surface area (Å²) in [4.78, 5) is 0. The molecule has 0 unspecified atom stereocenters. The summed E-state index contributed by atoms with van der Waals surface area (Å²) < 4.78 is 12.1. The minimum Gasteiger partial charge on any atom is -0.493 e. The topological polar surface area (TPSA) is 30.5 Å². The van der Waals surface area contributed by atoms with Crippen molar-refractivity contribution < 1.29 is 9.47 Å². The standard InChI is InChI=1S/C18H26BrNO2/c1-3-22-18-12-16(19)15(11-17(18)21-2)13-20-10-9-14-7-5-4-6-8-14/h7,11-12,20H,3-6,8-10,13H2,1-2H3. The highest BCUT2D eigenvalue weighted by atomic mass is 79.9. The monoisotopic (exact) mass is 367 g/mol. The van der Waals surface area contributed by atoms with Gasteiger partial charge in [-0.1, -0.05) is 27.6 Å². The van der Waals surface area contributed by atoms with Crippen molar-refractivity contribution in [1.29, 1.82) is 0 Å². The molecule has 0 saturated heterocycles. The largest absolute Gasteiger partial charge is 0.493 e. The van der Waals surface area contributed by atoms with Gasteiger partial charge >= 0.3 is 0 Å². The summed E-state index contributed by atoms with van der Waals surface area (Å²) in [5.74, 6) is 1.57. The normalized spacial score (nSPS) is 14.6. The number of nitrogens with one attached hydrogen (secondary N) is 1. The van der Waals surface area contributed by atoms with Crippen molar-refractivity contribution in [2.24, 2.45) is 0 Å². The Morgan fingerprint density at radius 2 is 2.09 bits per heavy atom. The van der Waals surface area contributed by atoms with Gasteiger partial charge in [0.25, 0.3) is 0 Å². The molecule has 0 spiro atoms. The summed E-state index contributed by atoms with van der Waals surface area (Å²) in [5.41, 5.74) is 2.81. The molecule has 0 aromatic heterocycles. The lowest BCUT2D eigenvalue weighted by Crippen LogP contribution is -2.16. The Balaban J connectivity index is 1.87. The zero-order valence-corrected chi connectivity index (χ0v) is 15.2. The van der Waals surface area contributed by atoms with Gasteiger partial charge in [-0.15, -0.1) is 0 Å². The van der Waals surface area contributed by atoms with Crippen LogP contribution in [0, 0.1) is 0 Å². The van der Waals surface area contributed by atoms with Gasteiger partial charge in [0, 0.05) is 11.0 Å². The average molecular weight is 368 g/mol. The highest BCUT2D eigenvalue weighted by Crippen LogP contribution is 2.33. The highest BCUT2D eigenvalue weighted by Gasteiger charge is 2.10. The number of halogens is 1. The number of ether oxygens (including phenoxy) is 2. The van der Waals surface area contributed by atoms with E-state index in [0.29, 0.717) is 6.61 Å². The zero-order chi connectivity index (χ0) is 15.8. The summed E-state index contributed by atoms with van der Waals surface area (Å²) in [6.07, 6.45) is 8.83. The molecule has 1 aliphatic carbocycles. The molecule has 22 heavy (non-hydrogen) atoms. The summed E-state index contributed by atoms with van der Waals surface area (Å²) in [6, 6.07) is 4.03. The van der Waals surface area contributed by atoms with Crippen LogP contribution in [-0.4, -0.2) is 20.3 Å². The Labute approximate surface area is 142 Å². The van der Waals surface area contributed by atoms with Crippen LogP contribution in [0.2, 0.25) is 0 Å². The van der Waals surface area contributed by atoms with Gasteiger partial charge in [0.15, 0.2) is 11.5 Å². The van der Waals surface area contributed by atoms with Crippen LogP contribution in [0.4, 0.5) is 0 Å². The van der Waals surface area contributed by atoms with Crippen molar-refractivity contribution >= 4 is 15.9 Å². The lowest BCUT2D eigenvalue weighted by Gasteiger charge is -2.15. The molecule has 3 nitrogen and oxygen atoms in total. The van der Waals surface area contributed by atoms with Crippen molar-refractivity contribution in [3.63, 3.8) is 0 Å². The zero-order valence-electron chi connectivity index (χ0n) is 13.6. The van der Waals surface area contributed by atoms with Gasteiger partial charge in [0.2, 0.25) is 0 Å². The Bertz CT molecular complexity index is 514. The first-order valence-electron chi connectivity index (χ1n) is 8.12. The van der Waals surface area contributed by atoms with Crippen molar-refractivity contribution in [3.05, 3.63) is 33.8 Å². The summed E-state index contributed by atoms with van der Waals surface area (Å²) in [6.45, 7) is 4.46. The van der Waals surface area contributed by atoms with Gasteiger partial charge in [-0.25, -0.2) is 0 Å². The summed E-state index contributed by atoms with van der Waals surface area (Å²) in [5, 5.41) is 3.53. The first kappa shape index (κ1) is 17.4. The van der Waals surface area contributed by atoms with E-state index >= 15 is 0 Å². The second-order valence-electron chi connectivity index (χ2n) is 5.56. The van der Waals surface area contributed by atoms with E-state index in [1.165, 1.54) is 31.2 Å². The Morgan fingerprint density at radius 1 is 1.23 bits per heavy atom. The second kappa shape index (κ2) is 9.21. The van der Waals surface area contributed by atoms with Crippen molar-refractivity contribution in [3.8, 4) is 11.5 Å². The number of hydrogen-bond acceptors (Lipinski definition) is 3. The van der Waals surface area contributed by atoms with Crippen molar-refractivity contribution in [1.82, 2.24) is 5.32 Å². The first-order valence-corrected chi connectivity index (χ1v) is 8.91. The smallest absolute Gasteiger partial charge is 0.162 e. The molecule has 2 rings (SSSR count). The molecule has 0 saturated carbocycles. The molecule has 0 radical (unpaired) electrons. The summed E-state index contributed by atoms with van der Waals surface area (Å²) in [7, 11) is 1.68. The molecule has 1 N–H and O–H groups in total. The minimum atomic E-state index is 0.634. The van der Waals surface area contributed by atoms with E-state index in [9.17, 15) is 0 Å². The van der Waals surface area contributed by atoms with Crippen LogP contribution in [-0.2, 0) is 6.54 Å². The van der Waals surface area contributed by atoms with E-state index in [1.807, 2.05) is 19.1 Å². The van der Waals surface area contributed by atoms with Gasteiger partial charge in [0.1, 0.15) is 0 Å². The van der Waals surface area contributed by atoms with E-state index in [-0.39, 0.29) is 0 Å². The predicted octanol–water partition coefficient (Wildman–Crippen LogP) is 4.84. The Morgan fingerprint density at radius 3 is 2.77 bits per heavy atom. The Hall–Kier alpha value is -1.00. The highest BCUT2D eigenvalue weighted by molar-refractivity contribution is 9.10. The number of rotatable bonds is 8. The molecule has 0 fully saturated rings. The number of hydrogen-bond donors (Lipinski definition) is 1. The van der Waals surface area contributed by atoms with Gasteiger partial charge < -0.3 is 14.8 Å². The van der Waals surface area contributed by atoms with Crippen molar-refractivity contribution in [2.75, 3.05) is 20.3 Å². The van der Waals surface area contributed by atoms with Crippen LogP contribution < -0.4 is 14.8 Å². The van der Waals surface area contributed by atoms with E-state index in [2.05, 4.69) is 27.3 Å². The fraction of sp³-hybridized carbons (Fsp3) is 0.556. The molecule has 0 heterocycles. The SMILES string of the molecule is CCOc1cc(Br)c(CNCCC2=CCCCC2)cc1OC. The molecule has 1 aromatic rings. The van der Waals surface area contributed by atoms with E-state index in [1.54, 1.807) is 12.7 Å². The predicted molar refractivity (Wildman–Crippen MR) is 94.7 cm³/mol. The average Bonchev–Trinajstić information content (AvgIpc) is 2.54. The number of allylic oxidation sites excluding steroid dienone is 1. The molecule has 4 heteroatoms. The van der Waals surface area contributed by atoms with Crippen LogP contribution in [0.25, 0.3) is 0 Å². The second-order valence-corrected chi connectivity index (χ2v) is 6.42. The minimum absolute atomic E-state index is 0.634. The third-order valence-electron chi connectivity index (χ3n) is 3.96. The van der Waals surface area contributed by atoms with Gasteiger partial charge in [-0.05, 0) is 63.3 Å². The van der Waals surface area contributed by atoms with Crippen LogP contribution in [0.15, 0.2) is 28.3 Å². The fourth-order valence-electron chi connectivity index (χ4n) is 2.74. The number of benzene rings is 1. The van der Waals surface area contributed by atoms with Crippen molar-refractivity contribution in [2.45, 2.75) is 45.6 Å². The lowest BCUT2D eigenvalue weighted by atomic mass is 9.97. The molecule has 0 aliphatic heterocycles. The van der Waals surface area contributed by atoms with Crippen LogP contribution >= 0.6 is 15.9 Å².